The predicted octanol–water partition coefficient (Wildman–Crippen LogP) is 3.34. The molecule has 3 N–H and O–H groups in total. The van der Waals surface area contributed by atoms with Gasteiger partial charge in [-0.25, -0.2) is 4.98 Å². The van der Waals surface area contributed by atoms with E-state index in [9.17, 15) is 9.59 Å². The molecule has 0 atom stereocenters. The summed E-state index contributed by atoms with van der Waals surface area (Å²) in [5, 5.41) is 3.28. The van der Waals surface area contributed by atoms with Crippen LogP contribution in [0.3, 0.4) is 0 Å². The van der Waals surface area contributed by atoms with Crippen molar-refractivity contribution >= 4 is 46.5 Å². The van der Waals surface area contributed by atoms with E-state index >= 15 is 0 Å². The number of aromatic nitrogens is 2. The topological polar surface area (TPSA) is 92.7 Å². The molecule has 0 saturated carbocycles. The molecule has 3 heterocycles. The van der Waals surface area contributed by atoms with Crippen molar-refractivity contribution in [3.63, 3.8) is 0 Å². The third-order valence-electron chi connectivity index (χ3n) is 5.31. The minimum atomic E-state index is -0.267. The van der Waals surface area contributed by atoms with Gasteiger partial charge in [-0.1, -0.05) is 29.8 Å². The van der Waals surface area contributed by atoms with E-state index in [4.69, 9.17) is 17.3 Å². The molecule has 2 aromatic heterocycles. The smallest absolute Gasteiger partial charge is 0.248 e. The molecule has 1 aliphatic rings. The SMILES string of the molecule is NC(=O)C1CCN(c2ccccc2NC(=O)/C=C/c2c(Cl)nc3ccccn23)CC1. The van der Waals surface area contributed by atoms with E-state index < -0.39 is 0 Å². The standard InChI is InChI=1S/C22H22ClN5O2/c23-21-18(28-12-4-3-7-19(28)26-21)8-9-20(29)25-16-5-1-2-6-17(16)27-13-10-15(11-14-27)22(24)30/h1-9,12,15H,10-11,13-14H2,(H2,24,30)(H,25,29)/b9-8+. The number of benzene rings is 1. The van der Waals surface area contributed by atoms with Gasteiger partial charge in [-0.3, -0.25) is 14.0 Å². The number of pyridine rings is 1. The Labute approximate surface area is 179 Å². The molecule has 1 aromatic carbocycles. The first-order valence-corrected chi connectivity index (χ1v) is 10.2. The van der Waals surface area contributed by atoms with Crippen molar-refractivity contribution < 1.29 is 9.59 Å². The summed E-state index contributed by atoms with van der Waals surface area (Å²) in [7, 11) is 0. The molecule has 0 spiro atoms. The first-order chi connectivity index (χ1) is 14.5. The molecule has 3 aromatic rings. The van der Waals surface area contributed by atoms with Gasteiger partial charge in [0.25, 0.3) is 0 Å². The summed E-state index contributed by atoms with van der Waals surface area (Å²) in [6.45, 7) is 1.43. The van der Waals surface area contributed by atoms with Crippen LogP contribution in [-0.2, 0) is 9.59 Å². The zero-order valence-electron chi connectivity index (χ0n) is 16.3. The third kappa shape index (κ3) is 4.16. The van der Waals surface area contributed by atoms with Crippen molar-refractivity contribution in [1.82, 2.24) is 9.38 Å². The van der Waals surface area contributed by atoms with Crippen LogP contribution in [0.4, 0.5) is 11.4 Å². The molecule has 1 saturated heterocycles. The molecule has 7 nitrogen and oxygen atoms in total. The van der Waals surface area contributed by atoms with Crippen molar-refractivity contribution in [2.75, 3.05) is 23.3 Å². The fraction of sp³-hybridized carbons (Fsp3) is 0.227. The number of hydrogen-bond acceptors (Lipinski definition) is 4. The van der Waals surface area contributed by atoms with Gasteiger partial charge in [0, 0.05) is 31.3 Å². The maximum atomic E-state index is 12.6. The van der Waals surface area contributed by atoms with E-state index in [1.165, 1.54) is 6.08 Å². The molecule has 0 bridgehead atoms. The molecule has 154 valence electrons. The number of anilines is 2. The van der Waals surface area contributed by atoms with Gasteiger partial charge in [-0.05, 0) is 43.2 Å². The summed E-state index contributed by atoms with van der Waals surface area (Å²) in [5.74, 6) is -0.593. The summed E-state index contributed by atoms with van der Waals surface area (Å²) in [5.41, 5.74) is 8.43. The molecule has 30 heavy (non-hydrogen) atoms. The van der Waals surface area contributed by atoms with Crippen LogP contribution in [0.1, 0.15) is 18.5 Å². The second-order valence-electron chi connectivity index (χ2n) is 7.22. The van der Waals surface area contributed by atoms with Crippen LogP contribution < -0.4 is 16.0 Å². The summed E-state index contributed by atoms with van der Waals surface area (Å²) in [6.07, 6.45) is 6.36. The van der Waals surface area contributed by atoms with Crippen LogP contribution in [0.25, 0.3) is 11.7 Å². The summed E-state index contributed by atoms with van der Waals surface area (Å²) in [4.78, 5) is 30.4. The Morgan fingerprint density at radius 3 is 2.63 bits per heavy atom. The maximum absolute atomic E-state index is 12.6. The minimum Gasteiger partial charge on any atom is -0.370 e. The van der Waals surface area contributed by atoms with Crippen LogP contribution in [0, 0.1) is 5.92 Å². The number of amides is 2. The van der Waals surface area contributed by atoms with Gasteiger partial charge >= 0.3 is 0 Å². The highest BCUT2D eigenvalue weighted by Crippen LogP contribution is 2.30. The van der Waals surface area contributed by atoms with Crippen molar-refractivity contribution in [2.45, 2.75) is 12.8 Å². The first-order valence-electron chi connectivity index (χ1n) is 9.78. The van der Waals surface area contributed by atoms with Gasteiger partial charge in [0.2, 0.25) is 11.8 Å². The highest BCUT2D eigenvalue weighted by molar-refractivity contribution is 6.31. The molecular formula is C22H22ClN5O2. The molecule has 8 heteroatoms. The van der Waals surface area contributed by atoms with E-state index in [0.29, 0.717) is 48.1 Å². The fourth-order valence-corrected chi connectivity index (χ4v) is 3.96. The van der Waals surface area contributed by atoms with Gasteiger partial charge in [-0.2, -0.15) is 0 Å². The summed E-state index contributed by atoms with van der Waals surface area (Å²) in [6, 6.07) is 13.2. The highest BCUT2D eigenvalue weighted by Gasteiger charge is 2.24. The van der Waals surface area contributed by atoms with Crippen LogP contribution in [0.5, 0.6) is 0 Å². The zero-order chi connectivity index (χ0) is 21.1. The summed E-state index contributed by atoms with van der Waals surface area (Å²) >= 11 is 6.22. The molecular weight excluding hydrogens is 402 g/mol. The van der Waals surface area contributed by atoms with Gasteiger partial charge in [0.05, 0.1) is 17.1 Å². The van der Waals surface area contributed by atoms with Crippen LogP contribution in [0.15, 0.2) is 54.7 Å². The molecule has 0 unspecified atom stereocenters. The monoisotopic (exact) mass is 423 g/mol. The molecule has 1 fully saturated rings. The Morgan fingerprint density at radius 1 is 1.13 bits per heavy atom. The molecule has 4 rings (SSSR count). The average molecular weight is 424 g/mol. The number of carbonyl (C=O) groups is 2. The number of piperidine rings is 1. The van der Waals surface area contributed by atoms with Gasteiger partial charge in [0.15, 0.2) is 5.15 Å². The second kappa shape index (κ2) is 8.59. The summed E-state index contributed by atoms with van der Waals surface area (Å²) < 4.78 is 1.82. The van der Waals surface area contributed by atoms with E-state index in [1.807, 2.05) is 53.1 Å². The maximum Gasteiger partial charge on any atom is 0.248 e. The lowest BCUT2D eigenvalue weighted by atomic mass is 9.96. The van der Waals surface area contributed by atoms with E-state index in [1.54, 1.807) is 6.08 Å². The van der Waals surface area contributed by atoms with Crippen molar-refractivity contribution in [2.24, 2.45) is 11.7 Å². The Kier molecular flexibility index (Phi) is 5.72. The number of nitrogens with zero attached hydrogens (tertiary/aromatic N) is 3. The van der Waals surface area contributed by atoms with E-state index in [-0.39, 0.29) is 17.7 Å². The number of para-hydroxylation sites is 2. The molecule has 0 aliphatic carbocycles. The van der Waals surface area contributed by atoms with Crippen LogP contribution in [-0.4, -0.2) is 34.3 Å². The Morgan fingerprint density at radius 2 is 1.87 bits per heavy atom. The third-order valence-corrected chi connectivity index (χ3v) is 5.59. The zero-order valence-corrected chi connectivity index (χ0v) is 17.0. The molecule has 2 amide bonds. The molecule has 1 aliphatic heterocycles. The van der Waals surface area contributed by atoms with Crippen LogP contribution in [0.2, 0.25) is 5.15 Å². The largest absolute Gasteiger partial charge is 0.370 e. The average Bonchev–Trinajstić information content (AvgIpc) is 3.07. The number of fused-ring (bicyclic) bond motifs is 1. The Balaban J connectivity index is 1.48. The number of imidazole rings is 1. The van der Waals surface area contributed by atoms with E-state index in [2.05, 4.69) is 15.2 Å². The lowest BCUT2D eigenvalue weighted by Gasteiger charge is -2.33. The van der Waals surface area contributed by atoms with Gasteiger partial charge < -0.3 is 16.0 Å². The highest BCUT2D eigenvalue weighted by atomic mass is 35.5. The number of carbonyl (C=O) groups excluding carboxylic acids is 2. The Bertz CT molecular complexity index is 1120. The Hall–Kier alpha value is -3.32. The molecule has 0 radical (unpaired) electrons. The first kappa shape index (κ1) is 20.0. The normalized spacial score (nSPS) is 15.0. The quantitative estimate of drug-likeness (QED) is 0.615. The van der Waals surface area contributed by atoms with Crippen molar-refractivity contribution in [3.8, 4) is 0 Å². The number of hydrogen-bond donors (Lipinski definition) is 2. The van der Waals surface area contributed by atoms with Gasteiger partial charge in [0.1, 0.15) is 5.65 Å². The van der Waals surface area contributed by atoms with Crippen molar-refractivity contribution in [3.05, 3.63) is 65.6 Å². The van der Waals surface area contributed by atoms with Crippen molar-refractivity contribution in [1.29, 1.82) is 0 Å². The minimum absolute atomic E-state index is 0.0823. The number of nitrogens with two attached hydrogens (primary N) is 1. The number of halogens is 1. The number of nitrogens with one attached hydrogen (secondary N) is 1. The van der Waals surface area contributed by atoms with E-state index in [0.717, 1.165) is 5.69 Å². The predicted molar refractivity (Wildman–Crippen MR) is 118 cm³/mol. The fourth-order valence-electron chi connectivity index (χ4n) is 3.72. The van der Waals surface area contributed by atoms with Gasteiger partial charge in [-0.15, -0.1) is 0 Å². The lowest BCUT2D eigenvalue weighted by Crippen LogP contribution is -2.38. The lowest BCUT2D eigenvalue weighted by molar-refractivity contribution is -0.122. The number of primary amides is 1. The number of rotatable bonds is 5. The van der Waals surface area contributed by atoms with Crippen LogP contribution >= 0.6 is 11.6 Å². The second-order valence-corrected chi connectivity index (χ2v) is 7.58.